The third kappa shape index (κ3) is 6.92. The number of aromatic hydroxyl groups is 2. The number of rotatable bonds is 12. The monoisotopic (exact) mass is 557 g/mol. The highest BCUT2D eigenvalue weighted by Gasteiger charge is 2.27. The molecule has 5 N–H and O–H groups in total. The number of benzene rings is 3. The van der Waals surface area contributed by atoms with E-state index in [1.165, 1.54) is 26.4 Å². The minimum Gasteiger partial charge on any atom is -0.506 e. The van der Waals surface area contributed by atoms with Crippen LogP contribution in [0.5, 0.6) is 23.0 Å². The van der Waals surface area contributed by atoms with E-state index in [1.807, 2.05) is 37.3 Å². The molecule has 0 atom stereocenters. The number of nitrogens with one attached hydrogen (secondary N) is 1. The Kier molecular flexibility index (Phi) is 9.66. The standard InChI is InChI=1S/C28H35N3O7S/c1-5-19-15-20(16-23(33)31(17-29)14-13-18-9-7-6-8-10-18)24(28(38-3)27(19)37-2)21-11-12-22(32)25(26(21)34)30-39(4,35)36/h6-12,15,30,32,34H,5,13-14,16-17,29H2,1-4H3. The lowest BCUT2D eigenvalue weighted by atomic mass is 9.91. The molecule has 3 aromatic rings. The van der Waals surface area contributed by atoms with Crippen LogP contribution in [0, 0.1) is 0 Å². The van der Waals surface area contributed by atoms with E-state index in [0.29, 0.717) is 36.3 Å². The molecule has 0 aliphatic heterocycles. The van der Waals surface area contributed by atoms with Crippen LogP contribution in [-0.4, -0.2) is 63.1 Å². The number of hydrogen-bond donors (Lipinski definition) is 4. The quantitative estimate of drug-likeness (QED) is 0.196. The molecule has 11 heteroatoms. The van der Waals surface area contributed by atoms with E-state index in [1.54, 1.807) is 11.0 Å². The summed E-state index contributed by atoms with van der Waals surface area (Å²) in [7, 11) is -0.913. The molecule has 39 heavy (non-hydrogen) atoms. The number of nitrogens with zero attached hydrogens (tertiary/aromatic N) is 1. The van der Waals surface area contributed by atoms with Crippen molar-refractivity contribution >= 4 is 21.6 Å². The first kappa shape index (κ1) is 29.6. The van der Waals surface area contributed by atoms with Gasteiger partial charge in [-0.2, -0.15) is 0 Å². The van der Waals surface area contributed by atoms with Gasteiger partial charge in [-0.05, 0) is 41.7 Å². The molecule has 0 spiro atoms. The molecule has 0 aromatic heterocycles. The Hall–Kier alpha value is -3.96. The molecule has 10 nitrogen and oxygen atoms in total. The van der Waals surface area contributed by atoms with Crippen molar-refractivity contribution in [1.82, 2.24) is 4.90 Å². The molecule has 3 rings (SSSR count). The molecule has 0 aliphatic rings. The normalized spacial score (nSPS) is 11.2. The van der Waals surface area contributed by atoms with Gasteiger partial charge in [0.05, 0.1) is 33.6 Å². The molecule has 3 aromatic carbocycles. The summed E-state index contributed by atoms with van der Waals surface area (Å²) in [5.41, 5.74) is 8.39. The van der Waals surface area contributed by atoms with E-state index in [2.05, 4.69) is 4.72 Å². The summed E-state index contributed by atoms with van der Waals surface area (Å²) in [6.45, 7) is 2.36. The van der Waals surface area contributed by atoms with E-state index in [-0.39, 0.29) is 36.0 Å². The van der Waals surface area contributed by atoms with Crippen LogP contribution in [0.3, 0.4) is 0 Å². The number of nitrogens with two attached hydrogens (primary N) is 1. The van der Waals surface area contributed by atoms with Crippen molar-refractivity contribution in [3.05, 3.63) is 65.2 Å². The van der Waals surface area contributed by atoms with Gasteiger partial charge in [-0.3, -0.25) is 9.52 Å². The number of anilines is 1. The lowest BCUT2D eigenvalue weighted by molar-refractivity contribution is -0.130. The fourth-order valence-electron chi connectivity index (χ4n) is 4.44. The average molecular weight is 558 g/mol. The van der Waals surface area contributed by atoms with Crippen LogP contribution in [0.4, 0.5) is 5.69 Å². The van der Waals surface area contributed by atoms with Crippen molar-refractivity contribution < 1.29 is 32.9 Å². The summed E-state index contributed by atoms with van der Waals surface area (Å²) in [6.07, 6.45) is 2.02. The van der Waals surface area contributed by atoms with Crippen molar-refractivity contribution in [1.29, 1.82) is 0 Å². The Morgan fingerprint density at radius 1 is 1.03 bits per heavy atom. The SMILES string of the molecule is CCc1cc(CC(=O)N(CN)CCc2ccccc2)c(-c2ccc(O)c(NS(C)(=O)=O)c2O)c(OC)c1OC. The van der Waals surface area contributed by atoms with Gasteiger partial charge in [-0.25, -0.2) is 8.42 Å². The number of phenolic OH excluding ortho intramolecular Hbond substituents is 2. The minimum absolute atomic E-state index is 0.0157. The number of phenols is 2. The molecule has 1 amide bonds. The third-order valence-corrected chi connectivity index (χ3v) is 6.90. The van der Waals surface area contributed by atoms with Crippen molar-refractivity contribution in [3.63, 3.8) is 0 Å². The number of methoxy groups -OCH3 is 2. The van der Waals surface area contributed by atoms with Crippen molar-refractivity contribution in [2.75, 3.05) is 38.4 Å². The first-order chi connectivity index (χ1) is 18.5. The van der Waals surface area contributed by atoms with Gasteiger partial charge in [0.1, 0.15) is 11.4 Å². The Morgan fingerprint density at radius 2 is 1.69 bits per heavy atom. The summed E-state index contributed by atoms with van der Waals surface area (Å²) in [4.78, 5) is 15.0. The summed E-state index contributed by atoms with van der Waals surface area (Å²) < 4.78 is 37.3. The molecule has 0 bridgehead atoms. The molecule has 0 radical (unpaired) electrons. The second-order valence-corrected chi connectivity index (χ2v) is 10.7. The number of carbonyl (C=O) groups is 1. The van der Waals surface area contributed by atoms with Crippen LogP contribution >= 0.6 is 0 Å². The Bertz CT molecular complexity index is 1430. The Balaban J connectivity index is 2.13. The van der Waals surface area contributed by atoms with Gasteiger partial charge in [0.25, 0.3) is 0 Å². The van der Waals surface area contributed by atoms with E-state index in [9.17, 15) is 23.4 Å². The topological polar surface area (TPSA) is 151 Å². The summed E-state index contributed by atoms with van der Waals surface area (Å²) >= 11 is 0. The van der Waals surface area contributed by atoms with Crippen molar-refractivity contribution in [2.24, 2.45) is 5.73 Å². The first-order valence-corrected chi connectivity index (χ1v) is 14.2. The largest absolute Gasteiger partial charge is 0.506 e. The number of hydrogen-bond acceptors (Lipinski definition) is 8. The maximum Gasteiger partial charge on any atom is 0.230 e. The van der Waals surface area contributed by atoms with Gasteiger partial charge >= 0.3 is 0 Å². The molecule has 0 heterocycles. The average Bonchev–Trinajstić information content (AvgIpc) is 2.91. The van der Waals surface area contributed by atoms with Crippen LogP contribution in [0.25, 0.3) is 11.1 Å². The number of carbonyl (C=O) groups excluding carboxylic acids is 1. The zero-order chi connectivity index (χ0) is 28.7. The lowest BCUT2D eigenvalue weighted by Crippen LogP contribution is -2.38. The van der Waals surface area contributed by atoms with Gasteiger partial charge in [-0.1, -0.05) is 43.3 Å². The number of ether oxygens (including phenoxy) is 2. The minimum atomic E-state index is -3.83. The van der Waals surface area contributed by atoms with Gasteiger partial charge in [0.2, 0.25) is 15.9 Å². The smallest absolute Gasteiger partial charge is 0.230 e. The number of aryl methyl sites for hydroxylation is 1. The van der Waals surface area contributed by atoms with E-state index < -0.39 is 21.5 Å². The predicted molar refractivity (Wildman–Crippen MR) is 151 cm³/mol. The van der Waals surface area contributed by atoms with Crippen LogP contribution < -0.4 is 19.9 Å². The van der Waals surface area contributed by atoms with Crippen LogP contribution in [0.15, 0.2) is 48.5 Å². The molecular weight excluding hydrogens is 522 g/mol. The molecular formula is C28H35N3O7S. The third-order valence-electron chi connectivity index (χ3n) is 6.32. The van der Waals surface area contributed by atoms with Crippen molar-refractivity contribution in [2.45, 2.75) is 26.2 Å². The number of amides is 1. The lowest BCUT2D eigenvalue weighted by Gasteiger charge is -2.24. The predicted octanol–water partition coefficient (Wildman–Crippen LogP) is 3.25. The van der Waals surface area contributed by atoms with Crippen LogP contribution in [-0.2, 0) is 34.1 Å². The second-order valence-electron chi connectivity index (χ2n) is 8.97. The van der Waals surface area contributed by atoms with Crippen LogP contribution in [0.1, 0.15) is 23.6 Å². The first-order valence-electron chi connectivity index (χ1n) is 12.4. The van der Waals surface area contributed by atoms with Gasteiger partial charge < -0.3 is 30.3 Å². The zero-order valence-corrected chi connectivity index (χ0v) is 23.3. The van der Waals surface area contributed by atoms with E-state index in [4.69, 9.17) is 15.2 Å². The summed E-state index contributed by atoms with van der Waals surface area (Å²) in [5, 5.41) is 21.4. The van der Waals surface area contributed by atoms with Gasteiger partial charge in [-0.15, -0.1) is 0 Å². The Labute approximate surface area is 229 Å². The van der Waals surface area contributed by atoms with E-state index in [0.717, 1.165) is 17.4 Å². The van der Waals surface area contributed by atoms with Gasteiger partial charge in [0, 0.05) is 17.7 Å². The molecule has 0 fully saturated rings. The van der Waals surface area contributed by atoms with Gasteiger partial charge in [0.15, 0.2) is 17.2 Å². The molecule has 0 saturated heterocycles. The highest BCUT2D eigenvalue weighted by atomic mass is 32.2. The highest BCUT2D eigenvalue weighted by Crippen LogP contribution is 2.49. The number of sulfonamides is 1. The molecule has 210 valence electrons. The zero-order valence-electron chi connectivity index (χ0n) is 22.5. The van der Waals surface area contributed by atoms with E-state index >= 15 is 0 Å². The Morgan fingerprint density at radius 3 is 2.26 bits per heavy atom. The second kappa shape index (κ2) is 12.7. The molecule has 0 saturated carbocycles. The highest BCUT2D eigenvalue weighted by molar-refractivity contribution is 7.92. The molecule has 0 aliphatic carbocycles. The molecule has 0 unspecified atom stereocenters. The van der Waals surface area contributed by atoms with Crippen molar-refractivity contribution in [3.8, 4) is 34.1 Å². The fourth-order valence-corrected chi connectivity index (χ4v) is 5.01. The summed E-state index contributed by atoms with van der Waals surface area (Å²) in [5.74, 6) is -0.564. The fraction of sp³-hybridized carbons (Fsp3) is 0.321. The maximum absolute atomic E-state index is 13.5. The maximum atomic E-state index is 13.5. The van der Waals surface area contributed by atoms with Crippen LogP contribution in [0.2, 0.25) is 0 Å². The summed E-state index contributed by atoms with van der Waals surface area (Å²) in [6, 6.07) is 14.2.